The number of carboxylic acid groups (broad SMARTS) is 1. The van der Waals surface area contributed by atoms with E-state index in [4.69, 9.17) is 16.7 Å². The molecule has 102 valence electrons. The van der Waals surface area contributed by atoms with Crippen molar-refractivity contribution in [3.8, 4) is 0 Å². The molecule has 3 N–H and O–H groups in total. The van der Waals surface area contributed by atoms with Crippen LogP contribution in [-0.2, 0) is 4.79 Å². The third-order valence-electron chi connectivity index (χ3n) is 2.76. The monoisotopic (exact) mass is 290 g/mol. The van der Waals surface area contributed by atoms with E-state index in [1.807, 2.05) is 0 Å². The van der Waals surface area contributed by atoms with Crippen molar-refractivity contribution in [3.05, 3.63) is 28.8 Å². The van der Waals surface area contributed by atoms with Crippen LogP contribution >= 0.6 is 11.6 Å². The van der Waals surface area contributed by atoms with Gasteiger partial charge in [-0.15, -0.1) is 0 Å². The highest BCUT2D eigenvalue weighted by Crippen LogP contribution is 2.35. The first-order chi connectivity index (χ1) is 8.84. The molecule has 2 rings (SSSR count). The maximum atomic E-state index is 13.4. The maximum absolute atomic E-state index is 13.4. The zero-order valence-electron chi connectivity index (χ0n) is 9.47. The Hall–Kier alpha value is -1.89. The summed E-state index contributed by atoms with van der Waals surface area (Å²) in [7, 11) is 0. The Bertz CT molecular complexity index is 538. The van der Waals surface area contributed by atoms with Gasteiger partial charge in [-0.1, -0.05) is 11.6 Å². The van der Waals surface area contributed by atoms with Crippen molar-refractivity contribution in [1.29, 1.82) is 0 Å². The first-order valence-corrected chi connectivity index (χ1v) is 5.69. The number of hydrogen-bond donors (Lipinski definition) is 3. The lowest BCUT2D eigenvalue weighted by atomic mass is 10.2. The van der Waals surface area contributed by atoms with Crippen LogP contribution in [0.15, 0.2) is 12.1 Å². The number of carboxylic acids is 1. The predicted octanol–water partition coefficient (Wildman–Crippen LogP) is 2.36. The minimum Gasteiger partial charge on any atom is -0.480 e. The zero-order chi connectivity index (χ0) is 14.2. The average Bonchev–Trinajstić information content (AvgIpc) is 3.04. The van der Waals surface area contributed by atoms with E-state index in [0.29, 0.717) is 18.9 Å². The first kappa shape index (κ1) is 13.5. The molecule has 0 heterocycles. The van der Waals surface area contributed by atoms with Gasteiger partial charge in [0.05, 0.1) is 10.7 Å². The summed E-state index contributed by atoms with van der Waals surface area (Å²) >= 11 is 5.59. The number of halogens is 3. The van der Waals surface area contributed by atoms with Crippen molar-refractivity contribution in [2.24, 2.45) is 0 Å². The quantitative estimate of drug-likeness (QED) is 0.799. The number of anilines is 1. The molecule has 0 bridgehead atoms. The summed E-state index contributed by atoms with van der Waals surface area (Å²) in [6.07, 6.45) is 0.602. The number of rotatable bonds is 3. The fourth-order valence-electron chi connectivity index (χ4n) is 1.54. The minimum absolute atomic E-state index is 0.301. The van der Waals surface area contributed by atoms with Gasteiger partial charge >= 0.3 is 12.0 Å². The molecule has 0 atom stereocenters. The fourth-order valence-corrected chi connectivity index (χ4v) is 1.78. The van der Waals surface area contributed by atoms with E-state index in [0.717, 1.165) is 6.07 Å². The van der Waals surface area contributed by atoms with Crippen molar-refractivity contribution < 1.29 is 23.5 Å². The highest BCUT2D eigenvalue weighted by atomic mass is 35.5. The second-order valence-corrected chi connectivity index (χ2v) is 4.62. The summed E-state index contributed by atoms with van der Waals surface area (Å²) in [6, 6.07) is 0.489. The third-order valence-corrected chi connectivity index (χ3v) is 3.06. The molecule has 0 radical (unpaired) electrons. The van der Waals surface area contributed by atoms with Crippen LogP contribution in [-0.4, -0.2) is 22.6 Å². The summed E-state index contributed by atoms with van der Waals surface area (Å²) < 4.78 is 26.2. The van der Waals surface area contributed by atoms with Gasteiger partial charge in [-0.05, 0) is 18.9 Å². The van der Waals surface area contributed by atoms with E-state index in [1.165, 1.54) is 0 Å². The van der Waals surface area contributed by atoms with Crippen LogP contribution in [0.3, 0.4) is 0 Å². The lowest BCUT2D eigenvalue weighted by Gasteiger charge is -2.14. The van der Waals surface area contributed by atoms with E-state index < -0.39 is 34.9 Å². The van der Waals surface area contributed by atoms with Gasteiger partial charge < -0.3 is 15.7 Å². The van der Waals surface area contributed by atoms with Crippen LogP contribution in [0.25, 0.3) is 0 Å². The molecule has 0 unspecified atom stereocenters. The van der Waals surface area contributed by atoms with Gasteiger partial charge in [0.25, 0.3) is 0 Å². The SMILES string of the molecule is O=C(Nc1c(F)cc(F)cc1Cl)NC1(C(=O)O)CC1. The van der Waals surface area contributed by atoms with E-state index in [9.17, 15) is 18.4 Å². The second-order valence-electron chi connectivity index (χ2n) is 4.21. The summed E-state index contributed by atoms with van der Waals surface area (Å²) in [5.74, 6) is -3.08. The highest BCUT2D eigenvalue weighted by Gasteiger charge is 2.51. The molecule has 0 aliphatic heterocycles. The Morgan fingerprint density at radius 3 is 2.42 bits per heavy atom. The molecule has 0 saturated heterocycles. The van der Waals surface area contributed by atoms with Gasteiger partial charge in [0.15, 0.2) is 5.82 Å². The molecule has 1 saturated carbocycles. The molecule has 19 heavy (non-hydrogen) atoms. The van der Waals surface area contributed by atoms with E-state index >= 15 is 0 Å². The van der Waals surface area contributed by atoms with Crippen molar-refractivity contribution in [1.82, 2.24) is 5.32 Å². The summed E-state index contributed by atoms with van der Waals surface area (Å²) in [5.41, 5.74) is -1.70. The van der Waals surface area contributed by atoms with E-state index in [-0.39, 0.29) is 5.02 Å². The Morgan fingerprint density at radius 2 is 1.95 bits per heavy atom. The van der Waals surface area contributed by atoms with Gasteiger partial charge in [0.1, 0.15) is 11.4 Å². The van der Waals surface area contributed by atoms with E-state index in [2.05, 4.69) is 10.6 Å². The van der Waals surface area contributed by atoms with Crippen LogP contribution in [0.5, 0.6) is 0 Å². The standard InChI is InChI=1S/C11H9ClF2N2O3/c12-6-3-5(13)4-7(14)8(6)15-10(19)16-11(1-2-11)9(17)18/h3-4H,1-2H2,(H,17,18)(H2,15,16,19). The van der Waals surface area contributed by atoms with Gasteiger partial charge in [0.2, 0.25) is 0 Å². The molecule has 1 aliphatic rings. The molecular weight excluding hydrogens is 282 g/mol. The number of carbonyl (C=O) groups excluding carboxylic acids is 1. The zero-order valence-corrected chi connectivity index (χ0v) is 10.2. The highest BCUT2D eigenvalue weighted by molar-refractivity contribution is 6.33. The van der Waals surface area contributed by atoms with Crippen LogP contribution < -0.4 is 10.6 Å². The maximum Gasteiger partial charge on any atom is 0.329 e. The smallest absolute Gasteiger partial charge is 0.329 e. The Balaban J connectivity index is 2.10. The molecule has 2 amide bonds. The van der Waals surface area contributed by atoms with Crippen LogP contribution in [0.2, 0.25) is 5.02 Å². The van der Waals surface area contributed by atoms with Crippen LogP contribution in [0, 0.1) is 11.6 Å². The van der Waals surface area contributed by atoms with Crippen LogP contribution in [0.1, 0.15) is 12.8 Å². The van der Waals surface area contributed by atoms with Crippen molar-refractivity contribution >= 4 is 29.3 Å². The van der Waals surface area contributed by atoms with Gasteiger partial charge in [-0.25, -0.2) is 18.4 Å². The topological polar surface area (TPSA) is 78.4 Å². The molecule has 1 aliphatic carbocycles. The number of urea groups is 1. The number of amides is 2. The third kappa shape index (κ3) is 2.76. The van der Waals surface area contributed by atoms with Crippen molar-refractivity contribution in [2.75, 3.05) is 5.32 Å². The molecule has 1 aromatic rings. The molecule has 1 fully saturated rings. The number of aliphatic carboxylic acids is 1. The Morgan fingerprint density at radius 1 is 1.32 bits per heavy atom. The minimum atomic E-state index is -1.30. The number of carbonyl (C=O) groups is 2. The molecule has 0 spiro atoms. The number of hydrogen-bond acceptors (Lipinski definition) is 2. The number of benzene rings is 1. The predicted molar refractivity (Wildman–Crippen MR) is 63.1 cm³/mol. The summed E-state index contributed by atoms with van der Waals surface area (Å²) in [5, 5.41) is 12.8. The molecule has 8 heteroatoms. The second kappa shape index (κ2) is 4.65. The lowest BCUT2D eigenvalue weighted by molar-refractivity contribution is -0.140. The Labute approximate surface area is 111 Å². The van der Waals surface area contributed by atoms with Crippen molar-refractivity contribution in [2.45, 2.75) is 18.4 Å². The summed E-state index contributed by atoms with van der Waals surface area (Å²) in [4.78, 5) is 22.4. The van der Waals surface area contributed by atoms with Gasteiger partial charge in [-0.3, -0.25) is 0 Å². The molecule has 5 nitrogen and oxygen atoms in total. The van der Waals surface area contributed by atoms with Crippen LogP contribution in [0.4, 0.5) is 19.3 Å². The largest absolute Gasteiger partial charge is 0.480 e. The normalized spacial score (nSPS) is 15.7. The Kier molecular flexibility index (Phi) is 3.32. The van der Waals surface area contributed by atoms with Gasteiger partial charge in [-0.2, -0.15) is 0 Å². The van der Waals surface area contributed by atoms with Gasteiger partial charge in [0, 0.05) is 6.07 Å². The first-order valence-electron chi connectivity index (χ1n) is 5.31. The van der Waals surface area contributed by atoms with E-state index in [1.54, 1.807) is 0 Å². The number of nitrogens with one attached hydrogen (secondary N) is 2. The average molecular weight is 291 g/mol. The fraction of sp³-hybridized carbons (Fsp3) is 0.273. The van der Waals surface area contributed by atoms with Crippen molar-refractivity contribution in [3.63, 3.8) is 0 Å². The lowest BCUT2D eigenvalue weighted by Crippen LogP contribution is -2.45. The molecule has 1 aromatic carbocycles. The molecule has 0 aromatic heterocycles. The summed E-state index contributed by atoms with van der Waals surface area (Å²) in [6.45, 7) is 0. The molecular formula is C11H9ClF2N2O3.